The number of carboxylic acids is 1. The lowest BCUT2D eigenvalue weighted by Crippen LogP contribution is -2.12. The molecule has 94 valence electrons. The number of hydrogen-bond donors (Lipinski definition) is 2. The van der Waals surface area contributed by atoms with Gasteiger partial charge in [-0.1, -0.05) is 0 Å². The van der Waals surface area contributed by atoms with E-state index >= 15 is 0 Å². The summed E-state index contributed by atoms with van der Waals surface area (Å²) in [6.07, 6.45) is 0. The molecule has 0 fully saturated rings. The molecule has 0 amide bonds. The molecule has 0 bridgehead atoms. The number of nitrogens with one attached hydrogen (secondary N) is 1. The summed E-state index contributed by atoms with van der Waals surface area (Å²) in [5, 5.41) is 22.3. The molecule has 6 nitrogen and oxygen atoms in total. The molecular formula is C10H13ClN2O4. The third-order valence-electron chi connectivity index (χ3n) is 1.88. The lowest BCUT2D eigenvalue weighted by Gasteiger charge is -2.10. The molecule has 1 aromatic carbocycles. The maximum Gasteiger partial charge on any atom is 0.335 e. The molecule has 0 aliphatic heterocycles. The minimum absolute atomic E-state index is 0. The molecule has 1 rings (SSSR count). The van der Waals surface area contributed by atoms with Gasteiger partial charge in [0, 0.05) is 12.1 Å². The highest BCUT2D eigenvalue weighted by atomic mass is 35.5. The molecule has 17 heavy (non-hydrogen) atoms. The predicted octanol–water partition coefficient (Wildman–Crippen LogP) is 2.54. The normalized spacial score (nSPS) is 9.59. The second-order valence-corrected chi connectivity index (χ2v) is 3.59. The van der Waals surface area contributed by atoms with Crippen LogP contribution >= 0.6 is 12.4 Å². The van der Waals surface area contributed by atoms with E-state index in [0.717, 1.165) is 0 Å². The van der Waals surface area contributed by atoms with Gasteiger partial charge in [-0.15, -0.1) is 12.4 Å². The van der Waals surface area contributed by atoms with Crippen molar-refractivity contribution in [2.45, 2.75) is 19.9 Å². The summed E-state index contributed by atoms with van der Waals surface area (Å²) in [4.78, 5) is 20.9. The van der Waals surface area contributed by atoms with Gasteiger partial charge in [-0.25, -0.2) is 4.79 Å². The van der Waals surface area contributed by atoms with Crippen LogP contribution in [0.15, 0.2) is 18.2 Å². The van der Waals surface area contributed by atoms with E-state index in [2.05, 4.69) is 5.32 Å². The summed E-state index contributed by atoms with van der Waals surface area (Å²) in [5.74, 6) is -1.11. The van der Waals surface area contributed by atoms with Crippen LogP contribution in [0.2, 0.25) is 0 Å². The van der Waals surface area contributed by atoms with Gasteiger partial charge in [-0.2, -0.15) is 0 Å². The molecule has 0 heterocycles. The number of nitro benzene ring substituents is 1. The van der Waals surface area contributed by atoms with Crippen LogP contribution in [0.1, 0.15) is 24.2 Å². The maximum atomic E-state index is 10.7. The number of aromatic carboxylic acids is 1. The highest BCUT2D eigenvalue weighted by Crippen LogP contribution is 2.26. The molecule has 0 radical (unpaired) electrons. The Bertz CT molecular complexity index is 434. The van der Waals surface area contributed by atoms with E-state index in [1.54, 1.807) is 0 Å². The number of nitrogens with zero attached hydrogens (tertiary/aromatic N) is 1. The van der Waals surface area contributed by atoms with Gasteiger partial charge >= 0.3 is 5.97 Å². The van der Waals surface area contributed by atoms with Crippen molar-refractivity contribution < 1.29 is 14.8 Å². The molecule has 0 aliphatic carbocycles. The minimum Gasteiger partial charge on any atom is -0.478 e. The summed E-state index contributed by atoms with van der Waals surface area (Å²) >= 11 is 0. The van der Waals surface area contributed by atoms with E-state index in [1.807, 2.05) is 13.8 Å². The van der Waals surface area contributed by atoms with Crippen molar-refractivity contribution in [2.24, 2.45) is 0 Å². The van der Waals surface area contributed by atoms with Gasteiger partial charge in [0.05, 0.1) is 10.5 Å². The number of benzene rings is 1. The topological polar surface area (TPSA) is 92.5 Å². The van der Waals surface area contributed by atoms with E-state index < -0.39 is 10.9 Å². The summed E-state index contributed by atoms with van der Waals surface area (Å²) in [6, 6.07) is 3.66. The Morgan fingerprint density at radius 1 is 1.47 bits per heavy atom. The Morgan fingerprint density at radius 2 is 2.06 bits per heavy atom. The Hall–Kier alpha value is -1.82. The molecular weight excluding hydrogens is 248 g/mol. The number of hydrogen-bond acceptors (Lipinski definition) is 4. The van der Waals surface area contributed by atoms with Crippen LogP contribution in [0.3, 0.4) is 0 Å². The van der Waals surface area contributed by atoms with Crippen molar-refractivity contribution in [2.75, 3.05) is 5.32 Å². The lowest BCUT2D eigenvalue weighted by molar-refractivity contribution is -0.384. The van der Waals surface area contributed by atoms with Crippen LogP contribution in [0.5, 0.6) is 0 Å². The zero-order valence-corrected chi connectivity index (χ0v) is 10.2. The van der Waals surface area contributed by atoms with E-state index in [9.17, 15) is 14.9 Å². The monoisotopic (exact) mass is 260 g/mol. The second-order valence-electron chi connectivity index (χ2n) is 3.59. The Labute approximate surface area is 104 Å². The minimum atomic E-state index is -1.11. The average molecular weight is 261 g/mol. The number of nitro groups is 1. The number of rotatable bonds is 4. The molecule has 0 saturated heterocycles. The molecule has 0 unspecified atom stereocenters. The van der Waals surface area contributed by atoms with E-state index in [-0.39, 0.29) is 35.4 Å². The van der Waals surface area contributed by atoms with Crippen molar-refractivity contribution in [1.82, 2.24) is 0 Å². The first-order chi connectivity index (χ1) is 7.41. The zero-order chi connectivity index (χ0) is 12.3. The van der Waals surface area contributed by atoms with Gasteiger partial charge in [0.2, 0.25) is 0 Å². The SMILES string of the molecule is CC(C)Nc1cc(C(=O)O)ccc1[N+](=O)[O-].Cl. The highest BCUT2D eigenvalue weighted by molar-refractivity contribution is 5.90. The van der Waals surface area contributed by atoms with Gasteiger partial charge in [-0.05, 0) is 26.0 Å². The molecule has 1 aromatic rings. The second kappa shape index (κ2) is 6.05. The molecule has 0 aliphatic rings. The van der Waals surface area contributed by atoms with E-state index in [1.165, 1.54) is 18.2 Å². The summed E-state index contributed by atoms with van der Waals surface area (Å²) in [5.41, 5.74) is 0.118. The number of halogens is 1. The highest BCUT2D eigenvalue weighted by Gasteiger charge is 2.16. The van der Waals surface area contributed by atoms with Crippen molar-refractivity contribution in [3.05, 3.63) is 33.9 Å². The van der Waals surface area contributed by atoms with Gasteiger partial charge < -0.3 is 10.4 Å². The fourth-order valence-electron chi connectivity index (χ4n) is 1.25. The lowest BCUT2D eigenvalue weighted by atomic mass is 10.1. The number of carboxylic acid groups (broad SMARTS) is 1. The number of anilines is 1. The summed E-state index contributed by atoms with van der Waals surface area (Å²) in [7, 11) is 0. The molecule has 2 N–H and O–H groups in total. The van der Waals surface area contributed by atoms with Gasteiger partial charge in [0.1, 0.15) is 5.69 Å². The van der Waals surface area contributed by atoms with Crippen molar-refractivity contribution in [3.8, 4) is 0 Å². The van der Waals surface area contributed by atoms with Gasteiger partial charge in [0.15, 0.2) is 0 Å². The van der Waals surface area contributed by atoms with Gasteiger partial charge in [-0.3, -0.25) is 10.1 Å². The van der Waals surface area contributed by atoms with Crippen LogP contribution in [0.25, 0.3) is 0 Å². The quantitative estimate of drug-likeness (QED) is 0.641. The van der Waals surface area contributed by atoms with Crippen LogP contribution in [0.4, 0.5) is 11.4 Å². The zero-order valence-electron chi connectivity index (χ0n) is 9.34. The fraction of sp³-hybridized carbons (Fsp3) is 0.300. The average Bonchev–Trinajstić information content (AvgIpc) is 2.15. The summed E-state index contributed by atoms with van der Waals surface area (Å²) < 4.78 is 0. The Kier molecular flexibility index (Phi) is 5.40. The summed E-state index contributed by atoms with van der Waals surface area (Å²) in [6.45, 7) is 3.63. The van der Waals surface area contributed by atoms with E-state index in [0.29, 0.717) is 0 Å². The number of carbonyl (C=O) groups is 1. The van der Waals surface area contributed by atoms with Crippen molar-refractivity contribution >= 4 is 29.8 Å². The first-order valence-corrected chi connectivity index (χ1v) is 4.70. The first kappa shape index (κ1) is 15.2. The molecule has 0 spiro atoms. The molecule has 0 aromatic heterocycles. The van der Waals surface area contributed by atoms with Crippen molar-refractivity contribution in [3.63, 3.8) is 0 Å². The predicted molar refractivity (Wildman–Crippen MR) is 66.1 cm³/mol. The Balaban J connectivity index is 0.00000256. The molecule has 0 saturated carbocycles. The Morgan fingerprint density at radius 3 is 2.47 bits per heavy atom. The van der Waals surface area contributed by atoms with Gasteiger partial charge in [0.25, 0.3) is 5.69 Å². The van der Waals surface area contributed by atoms with E-state index in [4.69, 9.17) is 5.11 Å². The van der Waals surface area contributed by atoms with Crippen molar-refractivity contribution in [1.29, 1.82) is 0 Å². The van der Waals surface area contributed by atoms with Crippen LogP contribution in [0, 0.1) is 10.1 Å². The smallest absolute Gasteiger partial charge is 0.335 e. The van der Waals surface area contributed by atoms with Crippen LogP contribution in [-0.4, -0.2) is 22.0 Å². The third-order valence-corrected chi connectivity index (χ3v) is 1.88. The van der Waals surface area contributed by atoms with Crippen LogP contribution in [-0.2, 0) is 0 Å². The molecule has 7 heteroatoms. The maximum absolute atomic E-state index is 10.7. The van der Waals surface area contributed by atoms with Crippen LogP contribution < -0.4 is 5.32 Å². The fourth-order valence-corrected chi connectivity index (χ4v) is 1.25. The first-order valence-electron chi connectivity index (χ1n) is 4.70. The standard InChI is InChI=1S/C10H12N2O4.ClH/c1-6(2)11-8-5-7(10(13)14)3-4-9(8)12(15)16;/h3-6,11H,1-2H3,(H,13,14);1H. The largest absolute Gasteiger partial charge is 0.478 e. The molecule has 0 atom stereocenters. The third kappa shape index (κ3) is 3.92.